The molecule has 1 rings (SSSR count). The molecule has 0 atom stereocenters. The molecule has 0 aliphatic rings. The number of hydrogen-bond donors (Lipinski definition) is 2. The summed E-state index contributed by atoms with van der Waals surface area (Å²) in [5, 5.41) is 10.7. The van der Waals surface area contributed by atoms with Crippen molar-refractivity contribution in [2.75, 3.05) is 11.9 Å². The van der Waals surface area contributed by atoms with Crippen LogP contribution in [0.4, 0.5) is 14.5 Å². The van der Waals surface area contributed by atoms with E-state index < -0.39 is 30.4 Å². The maximum atomic E-state index is 12.9. The van der Waals surface area contributed by atoms with Gasteiger partial charge in [-0.15, -0.1) is 0 Å². The first-order valence-corrected chi connectivity index (χ1v) is 7.75. The van der Waals surface area contributed by atoms with Gasteiger partial charge in [-0.1, -0.05) is 0 Å². The van der Waals surface area contributed by atoms with E-state index in [0.29, 0.717) is 7.14 Å². The van der Waals surface area contributed by atoms with Crippen LogP contribution in [-0.2, 0) is 14.3 Å². The summed E-state index contributed by atoms with van der Waals surface area (Å²) in [5.41, 5.74) is -0.00940. The fourth-order valence-corrected chi connectivity index (χ4v) is 3.31. The van der Waals surface area contributed by atoms with E-state index >= 15 is 0 Å². The van der Waals surface area contributed by atoms with Crippen molar-refractivity contribution in [1.82, 2.24) is 0 Å². The Labute approximate surface area is 150 Å². The molecule has 1 aromatic rings. The van der Waals surface area contributed by atoms with Crippen LogP contribution < -0.4 is 5.32 Å². The Kier molecular flexibility index (Phi) is 6.46. The zero-order chi connectivity index (χ0) is 17.1. The Morgan fingerprint density at radius 1 is 1.32 bits per heavy atom. The normalized spacial score (nSPS) is 11.0. The second-order valence-corrected chi connectivity index (χ2v) is 6.48. The maximum absolute atomic E-state index is 12.9. The van der Waals surface area contributed by atoms with Gasteiger partial charge < -0.3 is 15.2 Å². The lowest BCUT2D eigenvalue weighted by Gasteiger charge is -2.15. The average molecular weight is 539 g/mol. The van der Waals surface area contributed by atoms with E-state index in [1.807, 2.05) is 45.2 Å². The van der Waals surface area contributed by atoms with E-state index in [9.17, 15) is 23.2 Å². The monoisotopic (exact) mass is 539 g/mol. The molecule has 1 aromatic carbocycles. The van der Waals surface area contributed by atoms with Gasteiger partial charge in [0.25, 0.3) is 0 Å². The number of carbonyl (C=O) groups excluding carboxylic acids is 2. The van der Waals surface area contributed by atoms with Crippen molar-refractivity contribution in [3.8, 4) is 0 Å². The number of carboxylic acids is 1. The number of halogens is 4. The maximum Gasteiger partial charge on any atom is 0.378 e. The van der Waals surface area contributed by atoms with Gasteiger partial charge in [-0.2, -0.15) is 8.78 Å². The minimum absolute atomic E-state index is 0.122. The number of nitrogens with one attached hydrogen (secondary N) is 1. The lowest BCUT2D eigenvalue weighted by molar-refractivity contribution is -0.170. The number of carboxylic acid groups (broad SMARTS) is 1. The van der Waals surface area contributed by atoms with Crippen molar-refractivity contribution in [3.63, 3.8) is 0 Å². The number of esters is 1. The minimum Gasteiger partial charge on any atom is -0.477 e. The first-order chi connectivity index (χ1) is 10.0. The summed E-state index contributed by atoms with van der Waals surface area (Å²) in [6.07, 6.45) is 0. The van der Waals surface area contributed by atoms with Crippen molar-refractivity contribution < 1.29 is 33.0 Å². The van der Waals surface area contributed by atoms with Crippen LogP contribution in [0, 0.1) is 7.14 Å². The third-order valence-electron chi connectivity index (χ3n) is 2.27. The number of anilines is 1. The summed E-state index contributed by atoms with van der Waals surface area (Å²) in [5.74, 6) is -8.18. The van der Waals surface area contributed by atoms with Gasteiger partial charge in [0.2, 0.25) is 5.91 Å². The number of hydrogen-bond acceptors (Lipinski definition) is 4. The SMILES string of the molecule is CC(=O)Nc1c(I)cc(I)cc1C(=O)OCC(F)(F)C(=O)O. The first kappa shape index (κ1) is 19.0. The van der Waals surface area contributed by atoms with Crippen molar-refractivity contribution >= 4 is 68.7 Å². The highest BCUT2D eigenvalue weighted by Crippen LogP contribution is 2.27. The van der Waals surface area contributed by atoms with E-state index in [1.165, 1.54) is 13.0 Å². The average Bonchev–Trinajstić information content (AvgIpc) is 2.38. The summed E-state index contributed by atoms with van der Waals surface area (Å²) in [6.45, 7) is -0.371. The molecule has 1 amide bonds. The van der Waals surface area contributed by atoms with Gasteiger partial charge in [0.15, 0.2) is 6.61 Å². The van der Waals surface area contributed by atoms with E-state index in [1.54, 1.807) is 6.07 Å². The van der Waals surface area contributed by atoms with E-state index in [-0.39, 0.29) is 11.3 Å². The van der Waals surface area contributed by atoms with Gasteiger partial charge >= 0.3 is 17.9 Å². The van der Waals surface area contributed by atoms with E-state index in [4.69, 9.17) is 5.11 Å². The standard InChI is InChI=1S/C12H9F2I2NO5/c1-5(18)17-9-7(2-6(15)3-8(9)16)10(19)22-4-12(13,14)11(20)21/h2-3H,4H2,1H3,(H,17,18)(H,20,21). The zero-order valence-electron chi connectivity index (χ0n) is 11.0. The second-order valence-electron chi connectivity index (χ2n) is 4.08. The summed E-state index contributed by atoms with van der Waals surface area (Å²) < 4.78 is 31.4. The van der Waals surface area contributed by atoms with Gasteiger partial charge in [-0.3, -0.25) is 4.79 Å². The fraction of sp³-hybridized carbons (Fsp3) is 0.250. The van der Waals surface area contributed by atoms with Gasteiger partial charge in [0, 0.05) is 14.1 Å². The summed E-state index contributed by atoms with van der Waals surface area (Å²) in [7, 11) is 0. The van der Waals surface area contributed by atoms with Crippen LogP contribution >= 0.6 is 45.2 Å². The largest absolute Gasteiger partial charge is 0.477 e. The number of carbonyl (C=O) groups is 3. The lowest BCUT2D eigenvalue weighted by atomic mass is 10.2. The second kappa shape index (κ2) is 7.48. The van der Waals surface area contributed by atoms with Crippen LogP contribution in [0.15, 0.2) is 12.1 Å². The predicted molar refractivity (Wildman–Crippen MR) is 89.0 cm³/mol. The first-order valence-electron chi connectivity index (χ1n) is 5.59. The lowest BCUT2D eigenvalue weighted by Crippen LogP contribution is -2.34. The molecule has 0 heterocycles. The van der Waals surface area contributed by atoms with Gasteiger partial charge in [0.1, 0.15) is 0 Å². The highest BCUT2D eigenvalue weighted by Gasteiger charge is 2.40. The van der Waals surface area contributed by atoms with Gasteiger partial charge in [0.05, 0.1) is 11.3 Å². The minimum atomic E-state index is -4.18. The van der Waals surface area contributed by atoms with Crippen molar-refractivity contribution in [3.05, 3.63) is 24.8 Å². The zero-order valence-corrected chi connectivity index (χ0v) is 15.3. The van der Waals surface area contributed by atoms with Gasteiger partial charge in [-0.05, 0) is 57.3 Å². The molecule has 22 heavy (non-hydrogen) atoms. The molecule has 0 saturated carbocycles. The Morgan fingerprint density at radius 3 is 2.41 bits per heavy atom. The van der Waals surface area contributed by atoms with Crippen LogP contribution in [0.3, 0.4) is 0 Å². The Hall–Kier alpha value is -1.05. The molecule has 0 fully saturated rings. The molecule has 0 spiro atoms. The number of aliphatic carboxylic acids is 1. The number of benzene rings is 1. The molecule has 0 aliphatic heterocycles. The number of rotatable bonds is 5. The third-order valence-corrected chi connectivity index (χ3v) is 3.75. The highest BCUT2D eigenvalue weighted by molar-refractivity contribution is 14.1. The topological polar surface area (TPSA) is 92.7 Å². The molecule has 2 N–H and O–H groups in total. The highest BCUT2D eigenvalue weighted by atomic mass is 127. The molecule has 0 aromatic heterocycles. The molecule has 0 bridgehead atoms. The molecule has 0 saturated heterocycles. The molecule has 120 valence electrons. The van der Waals surface area contributed by atoms with Crippen LogP contribution in [0.2, 0.25) is 0 Å². The van der Waals surface area contributed by atoms with Crippen LogP contribution in [0.5, 0.6) is 0 Å². The number of ether oxygens (including phenoxy) is 1. The predicted octanol–water partition coefficient (Wildman–Crippen LogP) is 2.73. The summed E-state index contributed by atoms with van der Waals surface area (Å²) >= 11 is 3.77. The Morgan fingerprint density at radius 2 is 1.91 bits per heavy atom. The van der Waals surface area contributed by atoms with Crippen LogP contribution in [0.25, 0.3) is 0 Å². The van der Waals surface area contributed by atoms with Gasteiger partial charge in [-0.25, -0.2) is 9.59 Å². The quantitative estimate of drug-likeness (QED) is 0.444. The molecule has 6 nitrogen and oxygen atoms in total. The molecular weight excluding hydrogens is 530 g/mol. The third kappa shape index (κ3) is 5.00. The van der Waals surface area contributed by atoms with E-state index in [0.717, 1.165) is 0 Å². The van der Waals surface area contributed by atoms with E-state index in [2.05, 4.69) is 10.1 Å². The van der Waals surface area contributed by atoms with Crippen LogP contribution in [-0.4, -0.2) is 35.5 Å². The van der Waals surface area contributed by atoms with Crippen molar-refractivity contribution in [2.45, 2.75) is 12.8 Å². The molecular formula is C12H9F2I2NO5. The number of alkyl halides is 2. The van der Waals surface area contributed by atoms with Crippen molar-refractivity contribution in [2.24, 2.45) is 0 Å². The molecule has 10 heteroatoms. The Bertz CT molecular complexity index is 636. The smallest absolute Gasteiger partial charge is 0.378 e. The van der Waals surface area contributed by atoms with Crippen molar-refractivity contribution in [1.29, 1.82) is 0 Å². The Balaban J connectivity index is 3.07. The molecule has 0 aliphatic carbocycles. The summed E-state index contributed by atoms with van der Waals surface area (Å²) in [6, 6.07) is 3.00. The molecule has 0 radical (unpaired) electrons. The number of amides is 1. The molecule has 0 unspecified atom stereocenters. The summed E-state index contributed by atoms with van der Waals surface area (Å²) in [4.78, 5) is 33.4. The fourth-order valence-electron chi connectivity index (χ4n) is 1.33. The van der Waals surface area contributed by atoms with Crippen LogP contribution in [0.1, 0.15) is 17.3 Å².